The minimum Gasteiger partial charge on any atom is -0.398 e. The summed E-state index contributed by atoms with van der Waals surface area (Å²) in [7, 11) is 0. The van der Waals surface area contributed by atoms with Gasteiger partial charge in [-0.05, 0) is 58.7 Å². The highest BCUT2D eigenvalue weighted by molar-refractivity contribution is 9.10. The van der Waals surface area contributed by atoms with Gasteiger partial charge in [0.1, 0.15) is 0 Å². The van der Waals surface area contributed by atoms with Crippen LogP contribution in [0, 0.1) is 6.92 Å². The largest absolute Gasteiger partial charge is 0.398 e. The molecule has 0 aliphatic carbocycles. The maximum absolute atomic E-state index is 11.2. The lowest BCUT2D eigenvalue weighted by Crippen LogP contribution is -2.13. The van der Waals surface area contributed by atoms with Crippen LogP contribution in [0.2, 0.25) is 0 Å². The quantitative estimate of drug-likeness (QED) is 0.760. The predicted molar refractivity (Wildman–Crippen MR) is 81.5 cm³/mol. The highest BCUT2D eigenvalue weighted by Crippen LogP contribution is 2.28. The Morgan fingerprint density at radius 1 is 1.21 bits per heavy atom. The van der Waals surface area contributed by atoms with Gasteiger partial charge in [-0.2, -0.15) is 0 Å². The molecule has 0 fully saturated rings. The summed E-state index contributed by atoms with van der Waals surface area (Å²) >= 11 is 3.49. The third-order valence-electron chi connectivity index (χ3n) is 2.72. The highest BCUT2D eigenvalue weighted by atomic mass is 79.9. The van der Waals surface area contributed by atoms with Gasteiger partial charge in [0.15, 0.2) is 0 Å². The number of halogens is 1. The number of nitrogens with two attached hydrogens (primary N) is 2. The van der Waals surface area contributed by atoms with Crippen molar-refractivity contribution in [3.63, 3.8) is 0 Å². The highest BCUT2D eigenvalue weighted by Gasteiger charge is 2.07. The molecule has 0 bridgehead atoms. The second-order valence-corrected chi connectivity index (χ2v) is 5.13. The second kappa shape index (κ2) is 5.32. The van der Waals surface area contributed by atoms with Crippen LogP contribution in [0.25, 0.3) is 0 Å². The molecule has 0 aromatic heterocycles. The van der Waals surface area contributed by atoms with Crippen molar-refractivity contribution in [2.24, 2.45) is 5.73 Å². The minimum absolute atomic E-state index is 0.313. The van der Waals surface area contributed by atoms with E-state index >= 15 is 0 Å². The summed E-state index contributed by atoms with van der Waals surface area (Å²) in [6.07, 6.45) is 0. The number of anilines is 3. The fourth-order valence-electron chi connectivity index (χ4n) is 1.72. The first-order chi connectivity index (χ1) is 8.97. The van der Waals surface area contributed by atoms with Gasteiger partial charge in [-0.1, -0.05) is 6.07 Å². The molecule has 5 N–H and O–H groups in total. The molecule has 19 heavy (non-hydrogen) atoms. The average molecular weight is 320 g/mol. The number of primary amides is 1. The van der Waals surface area contributed by atoms with Crippen LogP contribution in [0.1, 0.15) is 15.9 Å². The Bertz CT molecular complexity index is 641. The standard InChI is InChI=1S/C14H14BrN3O/c1-8-2-5-13(11(15)6-8)18-9-3-4-12(16)10(7-9)14(17)19/h2-7,18H,16H2,1H3,(H2,17,19). The maximum atomic E-state index is 11.2. The molecule has 5 heteroatoms. The zero-order chi connectivity index (χ0) is 14.0. The molecule has 0 aliphatic heterocycles. The van der Waals surface area contributed by atoms with E-state index < -0.39 is 5.91 Å². The molecule has 0 aliphatic rings. The number of carbonyl (C=O) groups is 1. The SMILES string of the molecule is Cc1ccc(Nc2ccc(N)c(C(N)=O)c2)c(Br)c1. The summed E-state index contributed by atoms with van der Waals surface area (Å²) in [4.78, 5) is 11.2. The number of rotatable bonds is 3. The first-order valence-electron chi connectivity index (χ1n) is 5.70. The monoisotopic (exact) mass is 319 g/mol. The van der Waals surface area contributed by atoms with E-state index in [1.54, 1.807) is 18.2 Å². The Morgan fingerprint density at radius 3 is 2.58 bits per heavy atom. The topological polar surface area (TPSA) is 81.1 Å². The van der Waals surface area contributed by atoms with Gasteiger partial charge in [-0.25, -0.2) is 0 Å². The van der Waals surface area contributed by atoms with Crippen molar-refractivity contribution < 1.29 is 4.79 Å². The third-order valence-corrected chi connectivity index (χ3v) is 3.38. The average Bonchev–Trinajstić information content (AvgIpc) is 2.34. The molecule has 0 heterocycles. The van der Waals surface area contributed by atoms with Crippen molar-refractivity contribution in [3.05, 3.63) is 52.0 Å². The fraction of sp³-hybridized carbons (Fsp3) is 0.0714. The van der Waals surface area contributed by atoms with Gasteiger partial charge in [-0.3, -0.25) is 4.79 Å². The molecule has 2 aromatic rings. The molecule has 0 spiro atoms. The van der Waals surface area contributed by atoms with Crippen molar-refractivity contribution in [1.29, 1.82) is 0 Å². The molecule has 0 saturated carbocycles. The first kappa shape index (κ1) is 13.4. The molecule has 0 saturated heterocycles. The van der Waals surface area contributed by atoms with Gasteiger partial charge in [0.25, 0.3) is 5.91 Å². The summed E-state index contributed by atoms with van der Waals surface area (Å²) in [5.74, 6) is -0.538. The summed E-state index contributed by atoms with van der Waals surface area (Å²) < 4.78 is 0.949. The fourth-order valence-corrected chi connectivity index (χ4v) is 2.32. The molecular weight excluding hydrogens is 306 g/mol. The second-order valence-electron chi connectivity index (χ2n) is 4.27. The van der Waals surface area contributed by atoms with E-state index in [0.717, 1.165) is 21.4 Å². The number of benzene rings is 2. The predicted octanol–water partition coefficient (Wildman–Crippen LogP) is 3.18. The normalized spacial score (nSPS) is 10.2. The number of nitrogen functional groups attached to an aromatic ring is 1. The van der Waals surface area contributed by atoms with E-state index in [4.69, 9.17) is 11.5 Å². The van der Waals surface area contributed by atoms with Gasteiger partial charge in [0, 0.05) is 15.8 Å². The van der Waals surface area contributed by atoms with Crippen LogP contribution in [0.4, 0.5) is 17.1 Å². The molecular formula is C14H14BrN3O. The number of hydrogen-bond donors (Lipinski definition) is 3. The van der Waals surface area contributed by atoms with E-state index in [9.17, 15) is 4.79 Å². The summed E-state index contributed by atoms with van der Waals surface area (Å²) in [6, 6.07) is 11.1. The van der Waals surface area contributed by atoms with Crippen LogP contribution in [0.5, 0.6) is 0 Å². The zero-order valence-electron chi connectivity index (χ0n) is 10.4. The molecule has 2 rings (SSSR count). The maximum Gasteiger partial charge on any atom is 0.250 e. The van der Waals surface area contributed by atoms with Gasteiger partial charge in [0.05, 0.1) is 11.3 Å². The van der Waals surface area contributed by atoms with Crippen molar-refractivity contribution >= 4 is 38.9 Å². The van der Waals surface area contributed by atoms with Gasteiger partial charge >= 0.3 is 0 Å². The van der Waals surface area contributed by atoms with Gasteiger partial charge in [0.2, 0.25) is 0 Å². The molecule has 98 valence electrons. The van der Waals surface area contributed by atoms with E-state index in [-0.39, 0.29) is 0 Å². The van der Waals surface area contributed by atoms with Crippen LogP contribution < -0.4 is 16.8 Å². The Morgan fingerprint density at radius 2 is 1.95 bits per heavy atom. The van der Waals surface area contributed by atoms with Crippen molar-refractivity contribution in [2.75, 3.05) is 11.1 Å². The number of nitrogens with one attached hydrogen (secondary N) is 1. The summed E-state index contributed by atoms with van der Waals surface area (Å²) in [6.45, 7) is 2.02. The van der Waals surface area contributed by atoms with Crippen molar-refractivity contribution in [3.8, 4) is 0 Å². The summed E-state index contributed by atoms with van der Waals surface area (Å²) in [5, 5.41) is 3.21. The van der Waals surface area contributed by atoms with Crippen LogP contribution in [-0.2, 0) is 0 Å². The lowest BCUT2D eigenvalue weighted by Gasteiger charge is -2.11. The molecule has 1 amide bonds. The lowest BCUT2D eigenvalue weighted by molar-refractivity contribution is 0.100. The van der Waals surface area contributed by atoms with Gasteiger partial charge in [-0.15, -0.1) is 0 Å². The van der Waals surface area contributed by atoms with E-state index in [1.165, 1.54) is 0 Å². The Hall–Kier alpha value is -2.01. The Balaban J connectivity index is 2.33. The number of amides is 1. The first-order valence-corrected chi connectivity index (χ1v) is 6.49. The smallest absolute Gasteiger partial charge is 0.250 e. The van der Waals surface area contributed by atoms with E-state index in [1.807, 2.05) is 25.1 Å². The molecule has 0 unspecified atom stereocenters. The van der Waals surface area contributed by atoms with E-state index in [2.05, 4.69) is 21.2 Å². The van der Waals surface area contributed by atoms with Crippen molar-refractivity contribution in [2.45, 2.75) is 6.92 Å². The zero-order valence-corrected chi connectivity index (χ0v) is 12.0. The van der Waals surface area contributed by atoms with Crippen LogP contribution in [-0.4, -0.2) is 5.91 Å². The van der Waals surface area contributed by atoms with Gasteiger partial charge < -0.3 is 16.8 Å². The minimum atomic E-state index is -0.538. The summed E-state index contributed by atoms with van der Waals surface area (Å²) in [5.41, 5.74) is 14.5. The number of aryl methyl sites for hydroxylation is 1. The van der Waals surface area contributed by atoms with Crippen LogP contribution in [0.3, 0.4) is 0 Å². The molecule has 2 aromatic carbocycles. The van der Waals surface area contributed by atoms with Crippen LogP contribution >= 0.6 is 15.9 Å². The Kier molecular flexibility index (Phi) is 3.76. The number of carbonyl (C=O) groups excluding carboxylic acids is 1. The van der Waals surface area contributed by atoms with Crippen LogP contribution in [0.15, 0.2) is 40.9 Å². The lowest BCUT2D eigenvalue weighted by atomic mass is 10.1. The molecule has 0 atom stereocenters. The van der Waals surface area contributed by atoms with Crippen molar-refractivity contribution in [1.82, 2.24) is 0 Å². The molecule has 0 radical (unpaired) electrons. The third kappa shape index (κ3) is 3.06. The molecule has 4 nitrogen and oxygen atoms in total. The Labute approximate surface area is 119 Å². The van der Waals surface area contributed by atoms with E-state index in [0.29, 0.717) is 11.3 Å². The number of hydrogen-bond acceptors (Lipinski definition) is 3.